The SMILES string of the molecule is Cc1csc(NC(=O)[C@@H]2OCC(=O)N(C)[C@@H]2c2ccccc2)n1. The fraction of sp³-hybridized carbons (Fsp3) is 0.312. The predicted molar refractivity (Wildman–Crippen MR) is 87.2 cm³/mol. The largest absolute Gasteiger partial charge is 0.356 e. The number of nitrogens with one attached hydrogen (secondary N) is 1. The number of benzene rings is 1. The van der Waals surface area contributed by atoms with E-state index in [1.807, 2.05) is 42.6 Å². The van der Waals surface area contributed by atoms with Crippen molar-refractivity contribution in [2.75, 3.05) is 19.0 Å². The quantitative estimate of drug-likeness (QED) is 0.934. The Morgan fingerprint density at radius 3 is 2.78 bits per heavy atom. The van der Waals surface area contributed by atoms with Crippen molar-refractivity contribution in [2.45, 2.75) is 19.1 Å². The number of ether oxygens (including phenoxy) is 1. The minimum Gasteiger partial charge on any atom is -0.356 e. The lowest BCUT2D eigenvalue weighted by Gasteiger charge is -2.38. The lowest BCUT2D eigenvalue weighted by Crippen LogP contribution is -2.51. The third kappa shape index (κ3) is 3.25. The highest BCUT2D eigenvalue weighted by Gasteiger charge is 2.40. The maximum absolute atomic E-state index is 12.6. The van der Waals surface area contributed by atoms with Crippen LogP contribution in [0.1, 0.15) is 17.3 Å². The number of hydrogen-bond acceptors (Lipinski definition) is 5. The number of hydrogen-bond donors (Lipinski definition) is 1. The first-order chi connectivity index (χ1) is 11.1. The summed E-state index contributed by atoms with van der Waals surface area (Å²) in [5.41, 5.74) is 1.71. The molecule has 1 N–H and O–H groups in total. The Labute approximate surface area is 138 Å². The zero-order valence-corrected chi connectivity index (χ0v) is 13.7. The van der Waals surface area contributed by atoms with Gasteiger partial charge in [0.25, 0.3) is 5.91 Å². The van der Waals surface area contributed by atoms with Gasteiger partial charge in [0.1, 0.15) is 6.61 Å². The number of carbonyl (C=O) groups excluding carboxylic acids is 2. The van der Waals surface area contributed by atoms with Crippen LogP contribution in [-0.4, -0.2) is 41.5 Å². The van der Waals surface area contributed by atoms with Crippen LogP contribution < -0.4 is 5.32 Å². The standard InChI is InChI=1S/C16H17N3O3S/c1-10-9-23-16(17-10)18-15(21)14-13(11-6-4-3-5-7-11)19(2)12(20)8-22-14/h3-7,9,13-14H,8H2,1-2H3,(H,17,18,21)/t13-,14-/m1/s1. The van der Waals surface area contributed by atoms with Gasteiger partial charge in [-0.15, -0.1) is 11.3 Å². The summed E-state index contributed by atoms with van der Waals surface area (Å²) in [6.45, 7) is 1.76. The number of aryl methyl sites for hydroxylation is 1. The molecule has 6 nitrogen and oxygen atoms in total. The highest BCUT2D eigenvalue weighted by molar-refractivity contribution is 7.13. The Morgan fingerprint density at radius 2 is 2.13 bits per heavy atom. The number of carbonyl (C=O) groups is 2. The Hall–Kier alpha value is -2.25. The molecule has 7 heteroatoms. The number of aromatic nitrogens is 1. The van der Waals surface area contributed by atoms with Crippen molar-refractivity contribution in [1.29, 1.82) is 0 Å². The van der Waals surface area contributed by atoms with Gasteiger partial charge in [0.05, 0.1) is 11.7 Å². The third-order valence-corrected chi connectivity index (χ3v) is 4.61. The number of likely N-dealkylation sites (N-methyl/N-ethyl adjacent to an activating group) is 1. The van der Waals surface area contributed by atoms with Gasteiger partial charge in [-0.25, -0.2) is 4.98 Å². The van der Waals surface area contributed by atoms with Gasteiger partial charge in [0, 0.05) is 12.4 Å². The van der Waals surface area contributed by atoms with Gasteiger partial charge in [-0.05, 0) is 12.5 Å². The second-order valence-electron chi connectivity index (χ2n) is 5.38. The molecular weight excluding hydrogens is 314 g/mol. The first-order valence-corrected chi connectivity index (χ1v) is 8.09. The van der Waals surface area contributed by atoms with Crippen LogP contribution in [0.25, 0.3) is 0 Å². The monoisotopic (exact) mass is 331 g/mol. The number of morpholine rings is 1. The van der Waals surface area contributed by atoms with Crippen molar-refractivity contribution >= 4 is 28.3 Å². The molecule has 0 spiro atoms. The second-order valence-corrected chi connectivity index (χ2v) is 6.23. The molecule has 0 unspecified atom stereocenters. The van der Waals surface area contributed by atoms with E-state index in [2.05, 4.69) is 10.3 Å². The number of rotatable bonds is 3. The van der Waals surface area contributed by atoms with Crippen LogP contribution in [0.3, 0.4) is 0 Å². The highest BCUT2D eigenvalue weighted by atomic mass is 32.1. The van der Waals surface area contributed by atoms with Crippen LogP contribution in [0.15, 0.2) is 35.7 Å². The van der Waals surface area contributed by atoms with Crippen LogP contribution in [0.5, 0.6) is 0 Å². The maximum atomic E-state index is 12.6. The fourth-order valence-electron chi connectivity index (χ4n) is 2.57. The van der Waals surface area contributed by atoms with E-state index in [4.69, 9.17) is 4.74 Å². The summed E-state index contributed by atoms with van der Waals surface area (Å²) < 4.78 is 5.54. The predicted octanol–water partition coefficient (Wildman–Crippen LogP) is 1.99. The third-order valence-electron chi connectivity index (χ3n) is 3.73. The van der Waals surface area contributed by atoms with Gasteiger partial charge in [-0.2, -0.15) is 0 Å². The molecule has 0 aliphatic carbocycles. The number of anilines is 1. The van der Waals surface area contributed by atoms with E-state index in [9.17, 15) is 9.59 Å². The molecule has 2 aromatic rings. The molecule has 1 aromatic carbocycles. The van der Waals surface area contributed by atoms with E-state index in [1.54, 1.807) is 11.9 Å². The van der Waals surface area contributed by atoms with E-state index in [0.29, 0.717) is 5.13 Å². The molecule has 1 fully saturated rings. The zero-order chi connectivity index (χ0) is 16.4. The molecule has 0 radical (unpaired) electrons. The van der Waals surface area contributed by atoms with Crippen molar-refractivity contribution < 1.29 is 14.3 Å². The van der Waals surface area contributed by atoms with Gasteiger partial charge in [0.2, 0.25) is 5.91 Å². The zero-order valence-electron chi connectivity index (χ0n) is 12.9. The number of nitrogens with zero attached hydrogens (tertiary/aromatic N) is 2. The minimum absolute atomic E-state index is 0.102. The molecule has 1 aromatic heterocycles. The Kier molecular flexibility index (Phi) is 4.40. The Morgan fingerprint density at radius 1 is 1.39 bits per heavy atom. The molecule has 1 saturated heterocycles. The lowest BCUT2D eigenvalue weighted by molar-refractivity contribution is -0.160. The van der Waals surface area contributed by atoms with Crippen LogP contribution in [-0.2, 0) is 14.3 Å². The minimum atomic E-state index is -0.774. The molecular formula is C16H17N3O3S. The van der Waals surface area contributed by atoms with Gasteiger partial charge >= 0.3 is 0 Å². The Bertz CT molecular complexity index is 716. The summed E-state index contributed by atoms with van der Waals surface area (Å²) in [4.78, 5) is 30.4. The first-order valence-electron chi connectivity index (χ1n) is 7.21. The molecule has 3 rings (SSSR count). The van der Waals surface area contributed by atoms with Crippen molar-refractivity contribution in [3.05, 3.63) is 47.0 Å². The average Bonchev–Trinajstić information content (AvgIpc) is 2.95. The average molecular weight is 331 g/mol. The van der Waals surface area contributed by atoms with Crippen molar-refractivity contribution in [2.24, 2.45) is 0 Å². The van der Waals surface area contributed by atoms with E-state index in [1.165, 1.54) is 11.3 Å². The van der Waals surface area contributed by atoms with Crippen LogP contribution >= 0.6 is 11.3 Å². The van der Waals surface area contributed by atoms with Gasteiger partial charge < -0.3 is 9.64 Å². The van der Waals surface area contributed by atoms with E-state index >= 15 is 0 Å². The summed E-state index contributed by atoms with van der Waals surface area (Å²) in [5.74, 6) is -0.444. The molecule has 2 amide bonds. The first kappa shape index (κ1) is 15.6. The lowest BCUT2D eigenvalue weighted by atomic mass is 9.98. The van der Waals surface area contributed by atoms with Crippen molar-refractivity contribution in [1.82, 2.24) is 9.88 Å². The van der Waals surface area contributed by atoms with Gasteiger partial charge in [-0.1, -0.05) is 30.3 Å². The van der Waals surface area contributed by atoms with Gasteiger partial charge in [-0.3, -0.25) is 14.9 Å². The molecule has 1 aliphatic rings. The molecule has 2 heterocycles. The summed E-state index contributed by atoms with van der Waals surface area (Å²) in [6, 6.07) is 8.96. The second kappa shape index (κ2) is 6.47. The van der Waals surface area contributed by atoms with Crippen molar-refractivity contribution in [3.63, 3.8) is 0 Å². The molecule has 2 atom stereocenters. The normalized spacial score (nSPS) is 21.3. The van der Waals surface area contributed by atoms with Crippen molar-refractivity contribution in [3.8, 4) is 0 Å². The van der Waals surface area contributed by atoms with E-state index in [-0.39, 0.29) is 18.4 Å². The summed E-state index contributed by atoms with van der Waals surface area (Å²) in [7, 11) is 1.69. The molecule has 120 valence electrons. The van der Waals surface area contributed by atoms with Crippen LogP contribution in [0.4, 0.5) is 5.13 Å². The molecule has 0 bridgehead atoms. The maximum Gasteiger partial charge on any atom is 0.257 e. The fourth-order valence-corrected chi connectivity index (χ4v) is 3.26. The summed E-state index contributed by atoms with van der Waals surface area (Å²) in [6.07, 6.45) is -0.774. The van der Waals surface area contributed by atoms with E-state index < -0.39 is 12.1 Å². The summed E-state index contributed by atoms with van der Waals surface area (Å²) >= 11 is 1.36. The Balaban J connectivity index is 1.85. The molecule has 1 aliphatic heterocycles. The highest BCUT2D eigenvalue weighted by Crippen LogP contribution is 2.30. The van der Waals surface area contributed by atoms with Crippen LogP contribution in [0, 0.1) is 6.92 Å². The number of amides is 2. The van der Waals surface area contributed by atoms with Gasteiger partial charge in [0.15, 0.2) is 11.2 Å². The summed E-state index contributed by atoms with van der Waals surface area (Å²) in [5, 5.41) is 5.17. The molecule has 23 heavy (non-hydrogen) atoms. The molecule has 0 saturated carbocycles. The van der Waals surface area contributed by atoms with Crippen LogP contribution in [0.2, 0.25) is 0 Å². The smallest absolute Gasteiger partial charge is 0.257 e. The number of thiazole rings is 1. The topological polar surface area (TPSA) is 71.5 Å². The van der Waals surface area contributed by atoms with E-state index in [0.717, 1.165) is 11.3 Å².